The average molecular weight is 441 g/mol. The van der Waals surface area contributed by atoms with E-state index in [1.165, 1.54) is 28.5 Å². The van der Waals surface area contributed by atoms with Crippen LogP contribution in [0.15, 0.2) is 33.9 Å². The van der Waals surface area contributed by atoms with Gasteiger partial charge in [0.05, 0.1) is 18.2 Å². The van der Waals surface area contributed by atoms with E-state index in [1.54, 1.807) is 14.1 Å². The van der Waals surface area contributed by atoms with Gasteiger partial charge in [0.25, 0.3) is 23.0 Å². The lowest BCUT2D eigenvalue weighted by molar-refractivity contribution is -0.172. The zero-order valence-corrected chi connectivity index (χ0v) is 19.4. The molecule has 0 radical (unpaired) electrons. The Bertz CT molecular complexity index is 1230. The van der Waals surface area contributed by atoms with E-state index in [2.05, 4.69) is 20.8 Å². The molecular formula is C23H28N4O5. The molecule has 32 heavy (non-hydrogen) atoms. The summed E-state index contributed by atoms with van der Waals surface area (Å²) in [5.74, 6) is -2.14. The first-order valence-electron chi connectivity index (χ1n) is 10.4. The number of likely N-dealkylation sites (N-methyl/N-ethyl adjacent to an activating group) is 2. The summed E-state index contributed by atoms with van der Waals surface area (Å²) in [6.07, 6.45) is 0. The van der Waals surface area contributed by atoms with Gasteiger partial charge in [0.2, 0.25) is 5.88 Å². The van der Waals surface area contributed by atoms with E-state index < -0.39 is 34.6 Å². The van der Waals surface area contributed by atoms with Crippen molar-refractivity contribution < 1.29 is 14.3 Å². The van der Waals surface area contributed by atoms with Crippen LogP contribution in [0.2, 0.25) is 0 Å². The van der Waals surface area contributed by atoms with Gasteiger partial charge in [-0.15, -0.1) is 0 Å². The number of ether oxygens (including phenoxy) is 1. The highest BCUT2D eigenvalue weighted by atomic mass is 16.5. The summed E-state index contributed by atoms with van der Waals surface area (Å²) in [5, 5.41) is 0. The normalized spacial score (nSPS) is 20.0. The number of carbonyl (C=O) groups is 2. The van der Waals surface area contributed by atoms with Crippen molar-refractivity contribution in [2.75, 3.05) is 20.8 Å². The molecule has 0 saturated carbocycles. The smallest absolute Gasteiger partial charge is 0.333 e. The Morgan fingerprint density at radius 1 is 0.875 bits per heavy atom. The van der Waals surface area contributed by atoms with Crippen LogP contribution in [0.3, 0.4) is 0 Å². The number of hydrogen-bond acceptors (Lipinski definition) is 5. The molecule has 0 N–H and O–H groups in total. The number of fused-ring (bicyclic) bond motifs is 1. The Morgan fingerprint density at radius 2 is 1.41 bits per heavy atom. The summed E-state index contributed by atoms with van der Waals surface area (Å²) in [6.45, 7) is 6.36. The third kappa shape index (κ3) is 2.76. The predicted octanol–water partition coefficient (Wildman–Crippen LogP) is 0.533. The van der Waals surface area contributed by atoms with Crippen LogP contribution in [0.1, 0.15) is 43.4 Å². The molecule has 9 heteroatoms. The van der Waals surface area contributed by atoms with Gasteiger partial charge in [-0.3, -0.25) is 23.5 Å². The van der Waals surface area contributed by atoms with Gasteiger partial charge in [-0.1, -0.05) is 45.0 Å². The fraction of sp³-hybridized carbons (Fsp3) is 0.478. The third-order valence-electron chi connectivity index (χ3n) is 6.46. The molecule has 1 spiro atoms. The lowest BCUT2D eigenvalue weighted by Crippen LogP contribution is -2.68. The third-order valence-corrected chi connectivity index (χ3v) is 6.46. The van der Waals surface area contributed by atoms with Gasteiger partial charge in [0, 0.05) is 28.2 Å². The summed E-state index contributed by atoms with van der Waals surface area (Å²) in [6, 6.07) is 7.51. The van der Waals surface area contributed by atoms with E-state index in [4.69, 9.17) is 4.74 Å². The minimum Gasteiger partial charge on any atom is -0.450 e. The minimum atomic E-state index is -1.99. The number of aromatic nitrogens is 2. The van der Waals surface area contributed by atoms with Gasteiger partial charge < -0.3 is 14.5 Å². The maximum atomic E-state index is 13.5. The molecule has 1 unspecified atom stereocenters. The lowest BCUT2D eigenvalue weighted by atomic mass is 9.76. The molecule has 2 amide bonds. The van der Waals surface area contributed by atoms with Crippen molar-refractivity contribution >= 4 is 11.8 Å². The van der Waals surface area contributed by atoms with Gasteiger partial charge in [0.15, 0.2) is 0 Å². The van der Waals surface area contributed by atoms with Gasteiger partial charge in [-0.05, 0) is 16.5 Å². The van der Waals surface area contributed by atoms with Crippen molar-refractivity contribution in [3.8, 4) is 5.88 Å². The quantitative estimate of drug-likeness (QED) is 0.603. The zero-order chi connectivity index (χ0) is 23.7. The monoisotopic (exact) mass is 440 g/mol. The summed E-state index contributed by atoms with van der Waals surface area (Å²) in [5.41, 5.74) is -1.48. The van der Waals surface area contributed by atoms with E-state index in [0.717, 1.165) is 10.1 Å². The van der Waals surface area contributed by atoms with Crippen LogP contribution in [0.5, 0.6) is 5.88 Å². The molecule has 4 rings (SSSR count). The average Bonchev–Trinajstić information content (AvgIpc) is 3.10. The van der Waals surface area contributed by atoms with Crippen LogP contribution in [-0.4, -0.2) is 57.1 Å². The van der Waals surface area contributed by atoms with Crippen LogP contribution in [0, 0.1) is 0 Å². The largest absolute Gasteiger partial charge is 0.450 e. The van der Waals surface area contributed by atoms with Crippen LogP contribution in [0.25, 0.3) is 0 Å². The second-order valence-corrected chi connectivity index (χ2v) is 9.71. The Kier molecular flexibility index (Phi) is 4.66. The van der Waals surface area contributed by atoms with E-state index >= 15 is 0 Å². The van der Waals surface area contributed by atoms with Crippen LogP contribution < -0.4 is 16.0 Å². The second kappa shape index (κ2) is 6.82. The standard InChI is InChI=1S/C23H28N4O5/c1-22(2,3)14-10-8-13(9-11-14)16-15-17(28)26(6)21(31)27(7)18(15)32-23(16)19(29)24(4)12-25(5)20(23)30/h8-11,16H,12H2,1-7H3. The Balaban J connectivity index is 2.06. The molecule has 1 aromatic heterocycles. The fourth-order valence-electron chi connectivity index (χ4n) is 4.65. The highest BCUT2D eigenvalue weighted by Gasteiger charge is 2.66. The predicted molar refractivity (Wildman–Crippen MR) is 118 cm³/mol. The van der Waals surface area contributed by atoms with Crippen LogP contribution >= 0.6 is 0 Å². The summed E-state index contributed by atoms with van der Waals surface area (Å²) in [7, 11) is 6.00. The maximum absolute atomic E-state index is 13.5. The molecule has 1 aromatic carbocycles. The number of hydrogen-bond donors (Lipinski definition) is 0. The van der Waals surface area contributed by atoms with E-state index in [9.17, 15) is 19.2 Å². The number of benzene rings is 1. The fourth-order valence-corrected chi connectivity index (χ4v) is 4.65. The number of amides is 2. The lowest BCUT2D eigenvalue weighted by Gasteiger charge is -2.43. The molecule has 2 aliphatic heterocycles. The Hall–Kier alpha value is -3.36. The molecule has 0 aliphatic carbocycles. The number of nitrogens with zero attached hydrogens (tertiary/aromatic N) is 4. The molecule has 2 aliphatic rings. The van der Waals surface area contributed by atoms with Gasteiger partial charge in [-0.25, -0.2) is 4.79 Å². The summed E-state index contributed by atoms with van der Waals surface area (Å²) >= 11 is 0. The number of rotatable bonds is 1. The molecule has 170 valence electrons. The Morgan fingerprint density at radius 3 is 1.91 bits per heavy atom. The summed E-state index contributed by atoms with van der Waals surface area (Å²) in [4.78, 5) is 55.7. The van der Waals surface area contributed by atoms with Gasteiger partial charge in [-0.2, -0.15) is 0 Å². The van der Waals surface area contributed by atoms with Gasteiger partial charge in [0.1, 0.15) is 0 Å². The van der Waals surface area contributed by atoms with Crippen molar-refractivity contribution in [1.29, 1.82) is 0 Å². The molecule has 1 atom stereocenters. The van der Waals surface area contributed by atoms with Crippen molar-refractivity contribution in [2.45, 2.75) is 37.7 Å². The van der Waals surface area contributed by atoms with E-state index in [-0.39, 0.29) is 23.5 Å². The first-order valence-corrected chi connectivity index (χ1v) is 10.4. The maximum Gasteiger partial charge on any atom is 0.333 e. The minimum absolute atomic E-state index is 0.0478. The molecule has 1 saturated heterocycles. The van der Waals surface area contributed by atoms with E-state index in [0.29, 0.717) is 5.56 Å². The molecule has 9 nitrogen and oxygen atoms in total. The highest BCUT2D eigenvalue weighted by molar-refractivity contribution is 6.12. The van der Waals surface area contributed by atoms with Crippen LogP contribution in [0.4, 0.5) is 0 Å². The first kappa shape index (κ1) is 21.9. The SMILES string of the molecule is CN1CN(C)C(=O)C2(Oc3c(c(=O)n(C)c(=O)n3C)C2c2ccc(C(C)(C)C)cc2)C1=O. The first-order chi connectivity index (χ1) is 14.8. The molecule has 3 heterocycles. The molecule has 2 aromatic rings. The Labute approximate surface area is 185 Å². The van der Waals surface area contributed by atoms with Crippen LogP contribution in [-0.2, 0) is 29.1 Å². The molecule has 1 fully saturated rings. The van der Waals surface area contributed by atoms with Gasteiger partial charge >= 0.3 is 5.69 Å². The zero-order valence-electron chi connectivity index (χ0n) is 19.4. The molecular weight excluding hydrogens is 412 g/mol. The molecule has 0 bridgehead atoms. The van der Waals surface area contributed by atoms with Crippen molar-refractivity contribution in [3.05, 3.63) is 61.8 Å². The van der Waals surface area contributed by atoms with Crippen molar-refractivity contribution in [2.24, 2.45) is 14.1 Å². The number of carbonyl (C=O) groups excluding carboxylic acids is 2. The van der Waals surface area contributed by atoms with Crippen molar-refractivity contribution in [1.82, 2.24) is 18.9 Å². The topological polar surface area (TPSA) is 93.8 Å². The highest BCUT2D eigenvalue weighted by Crippen LogP contribution is 2.49. The second-order valence-electron chi connectivity index (χ2n) is 9.71. The summed E-state index contributed by atoms with van der Waals surface area (Å²) < 4.78 is 8.23. The van der Waals surface area contributed by atoms with E-state index in [1.807, 2.05) is 24.3 Å². The van der Waals surface area contributed by atoms with Crippen molar-refractivity contribution in [3.63, 3.8) is 0 Å².